The molecule has 0 saturated heterocycles. The lowest BCUT2D eigenvalue weighted by atomic mass is 10.2. The van der Waals surface area contributed by atoms with Gasteiger partial charge in [0.25, 0.3) is 6.43 Å². The van der Waals surface area contributed by atoms with Crippen molar-refractivity contribution in [3.05, 3.63) is 26.6 Å². The van der Waals surface area contributed by atoms with Gasteiger partial charge in [0, 0.05) is 21.0 Å². The van der Waals surface area contributed by atoms with E-state index in [1.807, 2.05) is 29.5 Å². The fourth-order valence-electron chi connectivity index (χ4n) is 0.847. The van der Waals surface area contributed by atoms with E-state index in [1.54, 1.807) is 6.92 Å². The van der Waals surface area contributed by atoms with Gasteiger partial charge in [-0.3, -0.25) is 4.98 Å². The van der Waals surface area contributed by atoms with Gasteiger partial charge in [-0.25, -0.2) is 8.78 Å². The maximum Gasteiger partial charge on any atom is 0.266 e. The van der Waals surface area contributed by atoms with Gasteiger partial charge in [-0.15, -0.1) is 0 Å². The Labute approximate surface area is 83.3 Å². The van der Waals surface area contributed by atoms with Crippen LogP contribution in [0.3, 0.4) is 0 Å². The Hall–Kier alpha value is -0.260. The zero-order chi connectivity index (χ0) is 9.30. The molecule has 1 aromatic heterocycles. The first-order chi connectivity index (χ1) is 5.54. The third-order valence-corrected chi connectivity index (χ3v) is 3.19. The van der Waals surface area contributed by atoms with E-state index in [-0.39, 0.29) is 5.56 Å². The predicted octanol–water partition coefficient (Wildman–Crippen LogP) is 3.24. The van der Waals surface area contributed by atoms with E-state index in [1.165, 1.54) is 6.20 Å². The molecule has 0 aromatic carbocycles. The molecule has 1 heterocycles. The molecule has 0 aliphatic carbocycles. The SMILES string of the molecule is Cc1ncc(C(F)F)c(I)c1C. The Morgan fingerprint density at radius 2 is 2.00 bits per heavy atom. The molecule has 1 nitrogen and oxygen atoms in total. The summed E-state index contributed by atoms with van der Waals surface area (Å²) in [6, 6.07) is 0. The molecule has 4 heteroatoms. The highest BCUT2D eigenvalue weighted by molar-refractivity contribution is 14.1. The number of nitrogens with zero attached hydrogens (tertiary/aromatic N) is 1. The van der Waals surface area contributed by atoms with Crippen LogP contribution in [-0.4, -0.2) is 4.98 Å². The van der Waals surface area contributed by atoms with Crippen molar-refractivity contribution in [2.75, 3.05) is 0 Å². The Bertz CT molecular complexity index is 299. The summed E-state index contributed by atoms with van der Waals surface area (Å²) in [5, 5.41) is 0. The molecular weight excluding hydrogens is 275 g/mol. The van der Waals surface area contributed by atoms with E-state index < -0.39 is 6.43 Å². The molecule has 0 amide bonds. The van der Waals surface area contributed by atoms with Gasteiger partial charge in [0.05, 0.1) is 0 Å². The molecule has 1 rings (SSSR count). The van der Waals surface area contributed by atoms with Crippen molar-refractivity contribution < 1.29 is 8.78 Å². The van der Waals surface area contributed by atoms with E-state index in [0.29, 0.717) is 3.57 Å². The second kappa shape index (κ2) is 3.64. The van der Waals surface area contributed by atoms with Crippen LogP contribution in [-0.2, 0) is 0 Å². The molecule has 0 saturated carbocycles. The van der Waals surface area contributed by atoms with Gasteiger partial charge in [-0.1, -0.05) is 0 Å². The average Bonchev–Trinajstić information content (AvgIpc) is 2.00. The van der Waals surface area contributed by atoms with Crippen LogP contribution in [0.4, 0.5) is 8.78 Å². The number of alkyl halides is 2. The maximum atomic E-state index is 12.3. The first-order valence-corrected chi connectivity index (χ1v) is 4.51. The van der Waals surface area contributed by atoms with E-state index in [9.17, 15) is 8.78 Å². The third kappa shape index (κ3) is 1.73. The summed E-state index contributed by atoms with van der Waals surface area (Å²) < 4.78 is 25.2. The van der Waals surface area contributed by atoms with Crippen molar-refractivity contribution in [3.8, 4) is 0 Å². The Morgan fingerprint density at radius 1 is 1.42 bits per heavy atom. The van der Waals surface area contributed by atoms with Crippen molar-refractivity contribution in [1.82, 2.24) is 4.98 Å². The molecule has 0 aliphatic rings. The minimum atomic E-state index is -2.43. The van der Waals surface area contributed by atoms with Crippen LogP contribution in [0.2, 0.25) is 0 Å². The van der Waals surface area contributed by atoms with Gasteiger partial charge < -0.3 is 0 Å². The predicted molar refractivity (Wildman–Crippen MR) is 51.4 cm³/mol. The second-order valence-corrected chi connectivity index (χ2v) is 3.62. The molecular formula is C8H8F2IN. The summed E-state index contributed by atoms with van der Waals surface area (Å²) in [7, 11) is 0. The van der Waals surface area contributed by atoms with Gasteiger partial charge >= 0.3 is 0 Å². The van der Waals surface area contributed by atoms with Gasteiger partial charge in [0.2, 0.25) is 0 Å². The zero-order valence-electron chi connectivity index (χ0n) is 6.74. The highest BCUT2D eigenvalue weighted by atomic mass is 127. The van der Waals surface area contributed by atoms with Gasteiger partial charge in [0.1, 0.15) is 0 Å². The normalized spacial score (nSPS) is 10.8. The number of pyridine rings is 1. The van der Waals surface area contributed by atoms with Crippen LogP contribution in [0.1, 0.15) is 23.2 Å². The topological polar surface area (TPSA) is 12.9 Å². The number of halogens is 3. The largest absolute Gasteiger partial charge is 0.266 e. The number of rotatable bonds is 1. The lowest BCUT2D eigenvalue weighted by molar-refractivity contribution is 0.150. The molecule has 0 spiro atoms. The number of hydrogen-bond donors (Lipinski definition) is 0. The van der Waals surface area contributed by atoms with Gasteiger partial charge in [-0.05, 0) is 42.0 Å². The quantitative estimate of drug-likeness (QED) is 0.721. The smallest absolute Gasteiger partial charge is 0.261 e. The molecule has 0 atom stereocenters. The van der Waals surface area contributed by atoms with Crippen molar-refractivity contribution in [2.45, 2.75) is 20.3 Å². The molecule has 0 fully saturated rings. The van der Waals surface area contributed by atoms with E-state index in [4.69, 9.17) is 0 Å². The summed E-state index contributed by atoms with van der Waals surface area (Å²) in [4.78, 5) is 3.88. The van der Waals surface area contributed by atoms with Crippen molar-refractivity contribution in [3.63, 3.8) is 0 Å². The third-order valence-electron chi connectivity index (χ3n) is 1.76. The van der Waals surface area contributed by atoms with Crippen LogP contribution in [0.5, 0.6) is 0 Å². The van der Waals surface area contributed by atoms with Crippen LogP contribution >= 0.6 is 22.6 Å². The van der Waals surface area contributed by atoms with Crippen LogP contribution in [0.15, 0.2) is 6.20 Å². The Morgan fingerprint density at radius 3 is 2.50 bits per heavy atom. The lowest BCUT2D eigenvalue weighted by Gasteiger charge is -2.07. The fourth-order valence-corrected chi connectivity index (χ4v) is 1.61. The van der Waals surface area contributed by atoms with Crippen molar-refractivity contribution in [1.29, 1.82) is 0 Å². The monoisotopic (exact) mass is 283 g/mol. The van der Waals surface area contributed by atoms with Crippen LogP contribution < -0.4 is 0 Å². The summed E-state index contributed by atoms with van der Waals surface area (Å²) in [6.07, 6.45) is -1.18. The van der Waals surface area contributed by atoms with Crippen LogP contribution in [0.25, 0.3) is 0 Å². The van der Waals surface area contributed by atoms with Crippen molar-refractivity contribution >= 4 is 22.6 Å². The minimum Gasteiger partial charge on any atom is -0.261 e. The molecule has 0 radical (unpaired) electrons. The molecule has 0 unspecified atom stereocenters. The zero-order valence-corrected chi connectivity index (χ0v) is 8.89. The first kappa shape index (κ1) is 9.83. The number of hydrogen-bond acceptors (Lipinski definition) is 1. The highest BCUT2D eigenvalue weighted by Crippen LogP contribution is 2.26. The fraction of sp³-hybridized carbons (Fsp3) is 0.375. The molecule has 12 heavy (non-hydrogen) atoms. The summed E-state index contributed by atoms with van der Waals surface area (Å²) in [5.41, 5.74) is 1.68. The van der Waals surface area contributed by atoms with Crippen molar-refractivity contribution in [2.24, 2.45) is 0 Å². The van der Waals surface area contributed by atoms with E-state index in [0.717, 1.165) is 11.3 Å². The van der Waals surface area contributed by atoms with Gasteiger partial charge in [-0.2, -0.15) is 0 Å². The van der Waals surface area contributed by atoms with Crippen LogP contribution in [0, 0.1) is 17.4 Å². The summed E-state index contributed by atoms with van der Waals surface area (Å²) >= 11 is 1.93. The summed E-state index contributed by atoms with van der Waals surface area (Å²) in [5.74, 6) is 0. The molecule has 0 N–H and O–H groups in total. The minimum absolute atomic E-state index is 0.0266. The Kier molecular flexibility index (Phi) is 2.98. The molecule has 66 valence electrons. The maximum absolute atomic E-state index is 12.3. The standard InChI is InChI=1S/C8H8F2IN/c1-4-5(2)12-3-6(7(4)11)8(9)10/h3,8H,1-2H3. The number of aromatic nitrogens is 1. The van der Waals surface area contributed by atoms with Gasteiger partial charge in [0.15, 0.2) is 0 Å². The second-order valence-electron chi connectivity index (χ2n) is 2.54. The van der Waals surface area contributed by atoms with E-state index in [2.05, 4.69) is 4.98 Å². The lowest BCUT2D eigenvalue weighted by Crippen LogP contribution is -1.97. The molecule has 0 aliphatic heterocycles. The molecule has 1 aromatic rings. The summed E-state index contributed by atoms with van der Waals surface area (Å²) in [6.45, 7) is 3.61. The number of aryl methyl sites for hydroxylation is 1. The molecule has 0 bridgehead atoms. The highest BCUT2D eigenvalue weighted by Gasteiger charge is 2.14. The van der Waals surface area contributed by atoms with E-state index >= 15 is 0 Å². The first-order valence-electron chi connectivity index (χ1n) is 3.43. The average molecular weight is 283 g/mol. The Balaban J connectivity index is 3.27.